The van der Waals surface area contributed by atoms with Crippen molar-refractivity contribution in [2.45, 2.75) is 26.2 Å². The number of aromatic amines is 1. The van der Waals surface area contributed by atoms with E-state index >= 15 is 0 Å². The van der Waals surface area contributed by atoms with E-state index in [-0.39, 0.29) is 17.7 Å². The molecule has 0 saturated heterocycles. The molecule has 1 aromatic carbocycles. The molecule has 2 rings (SSSR count). The zero-order chi connectivity index (χ0) is 19.3. The third-order valence-electron chi connectivity index (χ3n) is 3.83. The van der Waals surface area contributed by atoms with E-state index in [2.05, 4.69) is 10.3 Å². The van der Waals surface area contributed by atoms with Gasteiger partial charge in [0, 0.05) is 23.9 Å². The van der Waals surface area contributed by atoms with Crippen LogP contribution in [0.2, 0.25) is 0 Å². The largest absolute Gasteiger partial charge is 0.481 e. The van der Waals surface area contributed by atoms with Gasteiger partial charge in [-0.3, -0.25) is 14.4 Å². The van der Waals surface area contributed by atoms with Crippen molar-refractivity contribution in [1.82, 2.24) is 10.3 Å². The van der Waals surface area contributed by atoms with E-state index < -0.39 is 23.6 Å². The predicted octanol–water partition coefficient (Wildman–Crippen LogP) is 2.31. The minimum atomic E-state index is -1.14. The normalized spacial score (nSPS) is 12.0. The van der Waals surface area contributed by atoms with Gasteiger partial charge >= 0.3 is 5.97 Å². The number of carboxylic acid groups (broad SMARTS) is 1. The highest BCUT2D eigenvalue weighted by atomic mass is 19.1. The third kappa shape index (κ3) is 5.27. The molecule has 1 amide bonds. The molecule has 0 saturated carbocycles. The van der Waals surface area contributed by atoms with Crippen LogP contribution in [0.1, 0.15) is 41.4 Å². The highest BCUT2D eigenvalue weighted by Crippen LogP contribution is 2.16. The molecule has 3 N–H and O–H groups in total. The van der Waals surface area contributed by atoms with Crippen molar-refractivity contribution in [3.8, 4) is 0 Å². The second-order valence-corrected chi connectivity index (χ2v) is 6.51. The number of nitrogens with one attached hydrogen (secondary N) is 2. The molecule has 1 heterocycles. The van der Waals surface area contributed by atoms with E-state index in [4.69, 9.17) is 0 Å². The average molecular weight is 360 g/mol. The van der Waals surface area contributed by atoms with E-state index in [0.29, 0.717) is 23.6 Å². The van der Waals surface area contributed by atoms with Gasteiger partial charge in [-0.05, 0) is 36.1 Å². The molecule has 0 radical (unpaired) electrons. The van der Waals surface area contributed by atoms with Crippen LogP contribution in [-0.2, 0) is 11.2 Å². The van der Waals surface area contributed by atoms with Crippen molar-refractivity contribution in [1.29, 1.82) is 0 Å². The number of rotatable bonds is 7. The second-order valence-electron chi connectivity index (χ2n) is 6.51. The molecule has 0 bridgehead atoms. The summed E-state index contributed by atoms with van der Waals surface area (Å²) >= 11 is 0. The van der Waals surface area contributed by atoms with Gasteiger partial charge in [0.05, 0.1) is 5.92 Å². The summed E-state index contributed by atoms with van der Waals surface area (Å²) in [7, 11) is 0. The topological polar surface area (TPSA) is 99.3 Å². The summed E-state index contributed by atoms with van der Waals surface area (Å²) in [6, 6.07) is 7.84. The zero-order valence-corrected chi connectivity index (χ0v) is 14.6. The van der Waals surface area contributed by atoms with E-state index in [1.54, 1.807) is 6.07 Å². The number of carbonyl (C=O) groups is 2. The SMILES string of the molecule is CC(C)Cc1cc(C(=O)NCC(C(=O)O)c2ccc(F)cc2)cc(=O)[nH]1. The van der Waals surface area contributed by atoms with Crippen molar-refractivity contribution >= 4 is 11.9 Å². The maximum absolute atomic E-state index is 13.0. The minimum absolute atomic E-state index is 0.174. The Kier molecular flexibility index (Phi) is 6.27. The number of hydrogen-bond acceptors (Lipinski definition) is 3. The standard InChI is InChI=1S/C19H21FN2O4/c1-11(2)7-15-8-13(9-17(23)22-15)18(24)21-10-16(19(25)26)12-3-5-14(20)6-4-12/h3-6,8-9,11,16H,7,10H2,1-2H3,(H,21,24)(H,22,23)(H,25,26). The Morgan fingerprint density at radius 1 is 1.19 bits per heavy atom. The fourth-order valence-electron chi connectivity index (χ4n) is 2.62. The van der Waals surface area contributed by atoms with Gasteiger partial charge < -0.3 is 15.4 Å². The van der Waals surface area contributed by atoms with Gasteiger partial charge in [-0.1, -0.05) is 26.0 Å². The smallest absolute Gasteiger partial charge is 0.312 e. The summed E-state index contributed by atoms with van der Waals surface area (Å²) < 4.78 is 13.0. The van der Waals surface area contributed by atoms with Crippen LogP contribution in [-0.4, -0.2) is 28.5 Å². The van der Waals surface area contributed by atoms with Gasteiger partial charge in [-0.2, -0.15) is 0 Å². The van der Waals surface area contributed by atoms with Gasteiger partial charge in [0.15, 0.2) is 0 Å². The van der Waals surface area contributed by atoms with E-state index in [1.165, 1.54) is 30.3 Å². The van der Waals surface area contributed by atoms with Crippen LogP contribution in [0.25, 0.3) is 0 Å². The Bertz CT molecular complexity index is 843. The molecule has 6 nitrogen and oxygen atoms in total. The Morgan fingerprint density at radius 3 is 2.42 bits per heavy atom. The number of hydrogen-bond donors (Lipinski definition) is 3. The molecule has 1 atom stereocenters. The fraction of sp³-hybridized carbons (Fsp3) is 0.316. The monoisotopic (exact) mass is 360 g/mol. The van der Waals surface area contributed by atoms with Gasteiger partial charge in [-0.25, -0.2) is 4.39 Å². The van der Waals surface area contributed by atoms with E-state index in [1.807, 2.05) is 13.8 Å². The highest BCUT2D eigenvalue weighted by Gasteiger charge is 2.21. The summed E-state index contributed by atoms with van der Waals surface area (Å²) in [6.45, 7) is 3.81. The molecular formula is C19H21FN2O4. The molecule has 0 aliphatic carbocycles. The maximum atomic E-state index is 13.0. The number of carboxylic acids is 1. The van der Waals surface area contributed by atoms with Crippen LogP contribution in [0, 0.1) is 11.7 Å². The highest BCUT2D eigenvalue weighted by molar-refractivity contribution is 5.94. The third-order valence-corrected chi connectivity index (χ3v) is 3.83. The van der Waals surface area contributed by atoms with Crippen LogP contribution in [0.4, 0.5) is 4.39 Å². The summed E-state index contributed by atoms with van der Waals surface area (Å²) in [4.78, 5) is 38.2. The Labute approximate surface area is 150 Å². The van der Waals surface area contributed by atoms with E-state index in [0.717, 1.165) is 0 Å². The first-order chi connectivity index (χ1) is 12.3. The van der Waals surface area contributed by atoms with Crippen molar-refractivity contribution in [3.05, 3.63) is 69.4 Å². The van der Waals surface area contributed by atoms with Crippen LogP contribution in [0.15, 0.2) is 41.2 Å². The number of halogens is 1. The molecule has 1 aromatic heterocycles. The summed E-state index contributed by atoms with van der Waals surface area (Å²) in [5.74, 6) is -2.85. The van der Waals surface area contributed by atoms with Crippen molar-refractivity contribution < 1.29 is 19.1 Å². The van der Waals surface area contributed by atoms with Crippen molar-refractivity contribution in [2.24, 2.45) is 5.92 Å². The number of aliphatic carboxylic acids is 1. The number of amides is 1. The molecule has 1 unspecified atom stereocenters. The fourth-order valence-corrected chi connectivity index (χ4v) is 2.62. The summed E-state index contributed by atoms with van der Waals surface area (Å²) in [6.07, 6.45) is 0.615. The van der Waals surface area contributed by atoms with Gasteiger partial charge in [-0.15, -0.1) is 0 Å². The van der Waals surface area contributed by atoms with Crippen LogP contribution in [0.5, 0.6) is 0 Å². The number of benzene rings is 1. The maximum Gasteiger partial charge on any atom is 0.312 e. The number of aromatic nitrogens is 1. The van der Waals surface area contributed by atoms with Crippen molar-refractivity contribution in [2.75, 3.05) is 6.54 Å². The van der Waals surface area contributed by atoms with Crippen LogP contribution < -0.4 is 10.9 Å². The molecule has 26 heavy (non-hydrogen) atoms. The molecule has 2 aromatic rings. The summed E-state index contributed by atoms with van der Waals surface area (Å²) in [5.41, 5.74) is 0.811. The first kappa shape index (κ1) is 19.4. The minimum Gasteiger partial charge on any atom is -0.481 e. The van der Waals surface area contributed by atoms with Gasteiger partial charge in [0.1, 0.15) is 5.82 Å². The lowest BCUT2D eigenvalue weighted by molar-refractivity contribution is -0.138. The average Bonchev–Trinajstić information content (AvgIpc) is 2.55. The lowest BCUT2D eigenvalue weighted by Gasteiger charge is -2.14. The van der Waals surface area contributed by atoms with Crippen LogP contribution in [0.3, 0.4) is 0 Å². The number of pyridine rings is 1. The molecule has 0 fully saturated rings. The van der Waals surface area contributed by atoms with Gasteiger partial charge in [0.25, 0.3) is 5.91 Å². The Morgan fingerprint density at radius 2 is 1.85 bits per heavy atom. The molecule has 138 valence electrons. The molecular weight excluding hydrogens is 339 g/mol. The van der Waals surface area contributed by atoms with Crippen LogP contribution >= 0.6 is 0 Å². The Hall–Kier alpha value is -2.96. The predicted molar refractivity (Wildman–Crippen MR) is 94.7 cm³/mol. The number of carbonyl (C=O) groups excluding carboxylic acids is 1. The molecule has 0 spiro atoms. The first-order valence-corrected chi connectivity index (χ1v) is 8.26. The zero-order valence-electron chi connectivity index (χ0n) is 14.6. The Balaban J connectivity index is 2.13. The summed E-state index contributed by atoms with van der Waals surface area (Å²) in [5, 5.41) is 11.9. The lowest BCUT2D eigenvalue weighted by Crippen LogP contribution is -2.32. The van der Waals surface area contributed by atoms with Crippen molar-refractivity contribution in [3.63, 3.8) is 0 Å². The molecule has 0 aliphatic heterocycles. The lowest BCUT2D eigenvalue weighted by atomic mass is 9.99. The molecule has 0 aliphatic rings. The number of H-pyrrole nitrogens is 1. The van der Waals surface area contributed by atoms with Gasteiger partial charge in [0.2, 0.25) is 5.56 Å². The molecule has 7 heteroatoms. The first-order valence-electron chi connectivity index (χ1n) is 8.26. The quantitative estimate of drug-likeness (QED) is 0.705. The second kappa shape index (κ2) is 8.42. The van der Waals surface area contributed by atoms with E-state index in [9.17, 15) is 23.9 Å².